The number of carboxylic acids is 1. The first-order chi connectivity index (χ1) is 20.2. The summed E-state index contributed by atoms with van der Waals surface area (Å²) in [4.78, 5) is 38.8. The molecule has 0 aliphatic heterocycles. The molecule has 1 amide bonds. The molecule has 0 aliphatic carbocycles. The standard InChI is InChI=1S/C33H23ClF2N2O4/c34-26-12-10-22(11-13-26)30(18-31(39)40)38-19-25(24-14-27(35)17-28(36)15-24)16-29(33(38)42)37-32(41)23-8-6-21(7-9-23)20-4-2-1-3-5-20/h1-17,19,30H,18H2,(H,37,41)(H,39,40). The number of aromatic nitrogens is 1. The Morgan fingerprint density at radius 3 is 2.02 bits per heavy atom. The number of rotatable bonds is 8. The zero-order valence-electron chi connectivity index (χ0n) is 21.9. The average molecular weight is 585 g/mol. The number of nitrogens with one attached hydrogen (secondary N) is 1. The lowest BCUT2D eigenvalue weighted by Gasteiger charge is -2.21. The van der Waals surface area contributed by atoms with Crippen LogP contribution in [0.5, 0.6) is 0 Å². The van der Waals surface area contributed by atoms with E-state index < -0.39 is 41.5 Å². The van der Waals surface area contributed by atoms with Gasteiger partial charge in [0, 0.05) is 28.4 Å². The Labute approximate surface area is 244 Å². The summed E-state index contributed by atoms with van der Waals surface area (Å²) in [5.74, 6) is -3.46. The highest BCUT2D eigenvalue weighted by atomic mass is 35.5. The lowest BCUT2D eigenvalue weighted by Crippen LogP contribution is -2.30. The lowest BCUT2D eigenvalue weighted by molar-refractivity contribution is -0.137. The number of benzene rings is 4. The molecule has 2 N–H and O–H groups in total. The molecule has 42 heavy (non-hydrogen) atoms. The molecule has 210 valence electrons. The van der Waals surface area contributed by atoms with Gasteiger partial charge in [0.2, 0.25) is 0 Å². The molecule has 0 spiro atoms. The Morgan fingerprint density at radius 2 is 1.40 bits per heavy atom. The van der Waals surface area contributed by atoms with E-state index in [9.17, 15) is 28.3 Å². The summed E-state index contributed by atoms with van der Waals surface area (Å²) >= 11 is 6.02. The van der Waals surface area contributed by atoms with Gasteiger partial charge in [0.15, 0.2) is 0 Å². The predicted octanol–water partition coefficient (Wildman–Crippen LogP) is 7.43. The fraction of sp³-hybridized carbons (Fsp3) is 0.0606. The van der Waals surface area contributed by atoms with Crippen molar-refractivity contribution in [3.63, 3.8) is 0 Å². The number of anilines is 1. The number of nitrogens with zero attached hydrogens (tertiary/aromatic N) is 1. The Morgan fingerprint density at radius 1 is 0.786 bits per heavy atom. The molecule has 0 aliphatic rings. The quantitative estimate of drug-likeness (QED) is 0.198. The minimum Gasteiger partial charge on any atom is -0.481 e. The van der Waals surface area contributed by atoms with E-state index in [0.29, 0.717) is 16.7 Å². The molecule has 0 bridgehead atoms. The third-order valence-corrected chi connectivity index (χ3v) is 6.95. The highest BCUT2D eigenvalue weighted by Gasteiger charge is 2.22. The van der Waals surface area contributed by atoms with Crippen molar-refractivity contribution in [2.45, 2.75) is 12.5 Å². The van der Waals surface area contributed by atoms with Crippen molar-refractivity contribution < 1.29 is 23.5 Å². The van der Waals surface area contributed by atoms with Gasteiger partial charge in [-0.05, 0) is 64.7 Å². The molecular formula is C33H23ClF2N2O4. The van der Waals surface area contributed by atoms with Gasteiger partial charge in [-0.25, -0.2) is 8.78 Å². The van der Waals surface area contributed by atoms with E-state index in [0.717, 1.165) is 27.8 Å². The van der Waals surface area contributed by atoms with Gasteiger partial charge in [-0.1, -0.05) is 66.2 Å². The molecule has 0 saturated carbocycles. The van der Waals surface area contributed by atoms with Gasteiger partial charge in [-0.15, -0.1) is 0 Å². The molecule has 1 atom stereocenters. The number of hydrogen-bond donors (Lipinski definition) is 2. The number of amides is 1. The van der Waals surface area contributed by atoms with Crippen molar-refractivity contribution in [2.24, 2.45) is 0 Å². The third-order valence-electron chi connectivity index (χ3n) is 6.70. The van der Waals surface area contributed by atoms with Crippen LogP contribution in [0.4, 0.5) is 14.5 Å². The number of hydrogen-bond acceptors (Lipinski definition) is 3. The second-order valence-electron chi connectivity index (χ2n) is 9.58. The SMILES string of the molecule is O=C(O)CC(c1ccc(Cl)cc1)n1cc(-c2cc(F)cc(F)c2)cc(NC(=O)c2ccc(-c3ccccc3)cc2)c1=O. The molecule has 9 heteroatoms. The van der Waals surface area contributed by atoms with Crippen molar-refractivity contribution in [1.82, 2.24) is 4.57 Å². The molecule has 1 unspecified atom stereocenters. The Balaban J connectivity index is 1.59. The molecule has 4 aromatic carbocycles. The zero-order chi connectivity index (χ0) is 29.8. The van der Waals surface area contributed by atoms with E-state index >= 15 is 0 Å². The average Bonchev–Trinajstić information content (AvgIpc) is 2.97. The smallest absolute Gasteiger partial charge is 0.305 e. The highest BCUT2D eigenvalue weighted by molar-refractivity contribution is 6.30. The maximum atomic E-state index is 14.1. The molecule has 1 aromatic heterocycles. The number of aliphatic carboxylic acids is 1. The maximum Gasteiger partial charge on any atom is 0.305 e. The van der Waals surface area contributed by atoms with Crippen LogP contribution in [-0.2, 0) is 4.79 Å². The Hall–Kier alpha value is -5.08. The molecule has 5 rings (SSSR count). The van der Waals surface area contributed by atoms with Crippen molar-refractivity contribution >= 4 is 29.2 Å². The topological polar surface area (TPSA) is 88.4 Å². The van der Waals surface area contributed by atoms with Crippen molar-refractivity contribution in [3.05, 3.63) is 147 Å². The monoisotopic (exact) mass is 584 g/mol. The van der Waals surface area contributed by atoms with Gasteiger partial charge >= 0.3 is 5.97 Å². The lowest BCUT2D eigenvalue weighted by atomic mass is 10.0. The second-order valence-corrected chi connectivity index (χ2v) is 10.0. The van der Waals surface area contributed by atoms with Crippen LogP contribution in [-0.4, -0.2) is 21.6 Å². The Bertz CT molecular complexity index is 1800. The molecule has 5 aromatic rings. The van der Waals surface area contributed by atoms with Gasteiger partial charge in [0.1, 0.15) is 17.3 Å². The van der Waals surface area contributed by atoms with E-state index in [1.165, 1.54) is 12.3 Å². The summed E-state index contributed by atoms with van der Waals surface area (Å²) in [6.07, 6.45) is 0.833. The van der Waals surface area contributed by atoms with E-state index in [1.54, 1.807) is 48.5 Å². The number of carbonyl (C=O) groups excluding carboxylic acids is 1. The summed E-state index contributed by atoms with van der Waals surface area (Å²) in [5.41, 5.74) is 1.96. The van der Waals surface area contributed by atoms with Crippen molar-refractivity contribution in [1.29, 1.82) is 0 Å². The fourth-order valence-electron chi connectivity index (χ4n) is 4.67. The van der Waals surface area contributed by atoms with Crippen LogP contribution in [0.2, 0.25) is 5.02 Å². The third kappa shape index (κ3) is 6.45. The van der Waals surface area contributed by atoms with Gasteiger partial charge in [-0.2, -0.15) is 0 Å². The van der Waals surface area contributed by atoms with Gasteiger partial charge in [-0.3, -0.25) is 14.4 Å². The van der Waals surface area contributed by atoms with Crippen LogP contribution >= 0.6 is 11.6 Å². The van der Waals surface area contributed by atoms with E-state index in [1.807, 2.05) is 30.3 Å². The minimum atomic E-state index is -1.19. The number of pyridine rings is 1. The normalized spacial score (nSPS) is 11.6. The van der Waals surface area contributed by atoms with E-state index in [-0.39, 0.29) is 22.4 Å². The van der Waals surface area contributed by atoms with Crippen LogP contribution in [0, 0.1) is 11.6 Å². The van der Waals surface area contributed by atoms with E-state index in [4.69, 9.17) is 11.6 Å². The number of carboxylic acid groups (broad SMARTS) is 1. The molecule has 0 radical (unpaired) electrons. The highest BCUT2D eigenvalue weighted by Crippen LogP contribution is 2.28. The summed E-state index contributed by atoms with van der Waals surface area (Å²) in [7, 11) is 0. The van der Waals surface area contributed by atoms with Gasteiger partial charge < -0.3 is 15.0 Å². The summed E-state index contributed by atoms with van der Waals surface area (Å²) < 4.78 is 29.4. The first-order valence-electron chi connectivity index (χ1n) is 12.8. The van der Waals surface area contributed by atoms with Crippen LogP contribution in [0.3, 0.4) is 0 Å². The largest absolute Gasteiger partial charge is 0.481 e. The van der Waals surface area contributed by atoms with Gasteiger partial charge in [0.25, 0.3) is 11.5 Å². The van der Waals surface area contributed by atoms with Crippen LogP contribution in [0.15, 0.2) is 114 Å². The summed E-state index contributed by atoms with van der Waals surface area (Å²) in [6.45, 7) is 0. The summed E-state index contributed by atoms with van der Waals surface area (Å²) in [5, 5.41) is 12.7. The van der Waals surface area contributed by atoms with Crippen LogP contribution < -0.4 is 10.9 Å². The van der Waals surface area contributed by atoms with Crippen molar-refractivity contribution in [2.75, 3.05) is 5.32 Å². The first kappa shape index (κ1) is 28.4. The number of carbonyl (C=O) groups is 2. The maximum absolute atomic E-state index is 14.1. The van der Waals surface area contributed by atoms with Gasteiger partial charge in [0.05, 0.1) is 12.5 Å². The molecule has 0 saturated heterocycles. The molecule has 0 fully saturated rings. The van der Waals surface area contributed by atoms with E-state index in [2.05, 4.69) is 5.32 Å². The van der Waals surface area contributed by atoms with Crippen LogP contribution in [0.1, 0.15) is 28.4 Å². The number of halogens is 3. The minimum absolute atomic E-state index is 0.0918. The van der Waals surface area contributed by atoms with Crippen molar-refractivity contribution in [3.8, 4) is 22.3 Å². The zero-order valence-corrected chi connectivity index (χ0v) is 22.7. The molecule has 1 heterocycles. The predicted molar refractivity (Wildman–Crippen MR) is 158 cm³/mol. The first-order valence-corrected chi connectivity index (χ1v) is 13.2. The molecular weight excluding hydrogens is 562 g/mol. The fourth-order valence-corrected chi connectivity index (χ4v) is 4.79. The molecule has 6 nitrogen and oxygen atoms in total. The van der Waals surface area contributed by atoms with Crippen LogP contribution in [0.25, 0.3) is 22.3 Å². The Kier molecular flexibility index (Phi) is 8.26. The summed E-state index contributed by atoms with van der Waals surface area (Å²) in [6, 6.07) is 25.8. The second kappa shape index (κ2) is 12.2.